The number of aryl methyl sites for hydroxylation is 2. The van der Waals surface area contributed by atoms with E-state index in [1.54, 1.807) is 0 Å². The first kappa shape index (κ1) is 21.6. The predicted molar refractivity (Wildman–Crippen MR) is 126 cm³/mol. The molecule has 0 aliphatic heterocycles. The maximum atomic E-state index is 12.8. The van der Waals surface area contributed by atoms with Crippen molar-refractivity contribution < 1.29 is 4.79 Å². The van der Waals surface area contributed by atoms with Gasteiger partial charge in [0.25, 0.3) is 0 Å². The monoisotopic (exact) mass is 455 g/mol. The molecule has 4 aromatic rings. The first-order valence-electron chi connectivity index (χ1n) is 10.6. The Labute approximate surface area is 188 Å². The number of carbonyl (C=O) groups excluding carboxylic acids is 1. The average Bonchev–Trinajstić information content (AvgIpc) is 3.35. The quantitative estimate of drug-likeness (QED) is 0.365. The molecule has 0 radical (unpaired) electrons. The van der Waals surface area contributed by atoms with Crippen molar-refractivity contribution in [1.82, 2.24) is 29.9 Å². The summed E-state index contributed by atoms with van der Waals surface area (Å²) in [5.74, 6) is -0.121. The van der Waals surface area contributed by atoms with E-state index in [0.717, 1.165) is 52.9 Å². The molecule has 3 aromatic heterocycles. The number of fused-ring (bicyclic) bond motifs is 3. The number of rotatable bonds is 9. The molecule has 10 heteroatoms. The Hall–Kier alpha value is -2.59. The van der Waals surface area contributed by atoms with Gasteiger partial charge in [-0.25, -0.2) is 4.98 Å². The first-order valence-corrected chi connectivity index (χ1v) is 12.3. The van der Waals surface area contributed by atoms with Crippen molar-refractivity contribution in [2.75, 3.05) is 5.32 Å². The van der Waals surface area contributed by atoms with Gasteiger partial charge < -0.3 is 4.57 Å². The Kier molecular flexibility index (Phi) is 6.77. The minimum absolute atomic E-state index is 0.121. The second-order valence-electron chi connectivity index (χ2n) is 7.19. The van der Waals surface area contributed by atoms with Crippen LogP contribution in [-0.4, -0.2) is 41.1 Å². The van der Waals surface area contributed by atoms with Gasteiger partial charge in [0.2, 0.25) is 16.2 Å². The van der Waals surface area contributed by atoms with Crippen LogP contribution in [0.3, 0.4) is 0 Å². The van der Waals surface area contributed by atoms with Gasteiger partial charge in [-0.05, 0) is 25.3 Å². The van der Waals surface area contributed by atoms with Gasteiger partial charge in [-0.1, -0.05) is 62.1 Å². The van der Waals surface area contributed by atoms with Crippen LogP contribution in [-0.2, 0) is 17.8 Å². The molecule has 0 fully saturated rings. The smallest absolute Gasteiger partial charge is 0.239 e. The second-order valence-corrected chi connectivity index (χ2v) is 9.42. The fourth-order valence-electron chi connectivity index (χ4n) is 3.44. The van der Waals surface area contributed by atoms with E-state index in [1.807, 2.05) is 25.1 Å². The zero-order valence-electron chi connectivity index (χ0n) is 17.8. The number of thioether (sulfide) groups is 1. The van der Waals surface area contributed by atoms with Crippen molar-refractivity contribution in [3.05, 3.63) is 29.3 Å². The van der Waals surface area contributed by atoms with Gasteiger partial charge in [0, 0.05) is 18.4 Å². The molecule has 1 amide bonds. The topological polar surface area (TPSA) is 98.5 Å². The molecule has 8 nitrogen and oxygen atoms in total. The van der Waals surface area contributed by atoms with Crippen LogP contribution in [0.4, 0.5) is 5.13 Å². The van der Waals surface area contributed by atoms with Gasteiger partial charge in [0.05, 0.1) is 10.8 Å². The third kappa shape index (κ3) is 4.54. The van der Waals surface area contributed by atoms with Gasteiger partial charge in [-0.2, -0.15) is 0 Å². The zero-order chi connectivity index (χ0) is 21.8. The molecular formula is C21H25N7OS2. The lowest BCUT2D eigenvalue weighted by Crippen LogP contribution is -2.24. The van der Waals surface area contributed by atoms with E-state index in [2.05, 4.69) is 50.2 Å². The minimum Gasteiger partial charge on any atom is -0.324 e. The summed E-state index contributed by atoms with van der Waals surface area (Å²) in [5, 5.41) is 22.5. The number of nitrogens with one attached hydrogen (secondary N) is 1. The molecule has 31 heavy (non-hydrogen) atoms. The summed E-state index contributed by atoms with van der Waals surface area (Å²) in [6.45, 7) is 7.05. The normalized spacial score (nSPS) is 12.5. The molecule has 0 bridgehead atoms. The van der Waals surface area contributed by atoms with E-state index in [4.69, 9.17) is 4.98 Å². The molecule has 3 heterocycles. The predicted octanol–water partition coefficient (Wildman–Crippen LogP) is 4.70. The summed E-state index contributed by atoms with van der Waals surface area (Å²) in [4.78, 5) is 17.6. The summed E-state index contributed by atoms with van der Waals surface area (Å²) < 4.78 is 2.18. The summed E-state index contributed by atoms with van der Waals surface area (Å²) in [5.41, 5.74) is 2.71. The molecule has 0 saturated carbocycles. The molecule has 1 aromatic carbocycles. The maximum absolute atomic E-state index is 12.8. The molecule has 162 valence electrons. The van der Waals surface area contributed by atoms with Gasteiger partial charge >= 0.3 is 0 Å². The van der Waals surface area contributed by atoms with Crippen LogP contribution in [0.15, 0.2) is 29.4 Å². The van der Waals surface area contributed by atoms with Crippen LogP contribution in [0.2, 0.25) is 0 Å². The standard InChI is InChI=1S/C21H25N7OS2/c1-4-9-16-24-26-21(31-16)23-19(29)15(6-3)30-20-22-18-17(25-27-20)13-10-7-8-11-14(13)28(18)12-5-2/h7-8,10-11,15H,4-6,9,12H2,1-3H3,(H,23,26,29)/t15-/m0/s1. The molecule has 1 N–H and O–H groups in total. The Morgan fingerprint density at radius 2 is 1.97 bits per heavy atom. The molecule has 0 aliphatic carbocycles. The SMILES string of the molecule is CCCc1nnc(NC(=O)[C@H](CC)Sc2nnc3c4ccccc4n(CCC)c3n2)s1. The number of amides is 1. The number of benzene rings is 1. The number of hydrogen-bond acceptors (Lipinski definition) is 8. The number of nitrogens with zero attached hydrogens (tertiary/aromatic N) is 6. The van der Waals surface area contributed by atoms with Crippen molar-refractivity contribution in [1.29, 1.82) is 0 Å². The highest BCUT2D eigenvalue weighted by Gasteiger charge is 2.22. The van der Waals surface area contributed by atoms with E-state index in [1.165, 1.54) is 23.1 Å². The van der Waals surface area contributed by atoms with Crippen LogP contribution >= 0.6 is 23.1 Å². The van der Waals surface area contributed by atoms with Crippen molar-refractivity contribution in [2.45, 2.75) is 63.4 Å². The van der Waals surface area contributed by atoms with Gasteiger partial charge in [-0.15, -0.1) is 20.4 Å². The highest BCUT2D eigenvalue weighted by atomic mass is 32.2. The number of anilines is 1. The first-order chi connectivity index (χ1) is 15.1. The number of para-hydroxylation sites is 1. The van der Waals surface area contributed by atoms with Gasteiger partial charge in [0.15, 0.2) is 5.65 Å². The fourth-order valence-corrected chi connectivity index (χ4v) is 5.10. The summed E-state index contributed by atoms with van der Waals surface area (Å²) in [6, 6.07) is 8.15. The van der Waals surface area contributed by atoms with Crippen LogP contribution in [0.25, 0.3) is 22.1 Å². The lowest BCUT2D eigenvalue weighted by atomic mass is 10.2. The van der Waals surface area contributed by atoms with Crippen molar-refractivity contribution in [3.8, 4) is 0 Å². The second kappa shape index (κ2) is 9.69. The van der Waals surface area contributed by atoms with Gasteiger partial charge in [0.1, 0.15) is 10.5 Å². The highest BCUT2D eigenvalue weighted by Crippen LogP contribution is 2.29. The van der Waals surface area contributed by atoms with Gasteiger partial charge in [-0.3, -0.25) is 10.1 Å². The van der Waals surface area contributed by atoms with Crippen LogP contribution in [0.1, 0.15) is 45.0 Å². The van der Waals surface area contributed by atoms with E-state index in [9.17, 15) is 4.79 Å². The lowest BCUT2D eigenvalue weighted by Gasteiger charge is -2.12. The van der Waals surface area contributed by atoms with E-state index >= 15 is 0 Å². The summed E-state index contributed by atoms with van der Waals surface area (Å²) in [7, 11) is 0. The third-order valence-electron chi connectivity index (χ3n) is 4.87. The minimum atomic E-state index is -0.346. The molecule has 1 atom stereocenters. The van der Waals surface area contributed by atoms with Crippen molar-refractivity contribution in [2.24, 2.45) is 0 Å². The Morgan fingerprint density at radius 1 is 1.13 bits per heavy atom. The maximum Gasteiger partial charge on any atom is 0.239 e. The number of aromatic nitrogens is 6. The van der Waals surface area contributed by atoms with E-state index < -0.39 is 0 Å². The Morgan fingerprint density at radius 3 is 2.74 bits per heavy atom. The molecule has 0 aliphatic rings. The molecule has 0 unspecified atom stereocenters. The summed E-state index contributed by atoms with van der Waals surface area (Å²) >= 11 is 2.75. The van der Waals surface area contributed by atoms with Crippen LogP contribution in [0, 0.1) is 0 Å². The van der Waals surface area contributed by atoms with E-state index in [0.29, 0.717) is 16.7 Å². The van der Waals surface area contributed by atoms with E-state index in [-0.39, 0.29) is 11.2 Å². The molecular weight excluding hydrogens is 430 g/mol. The number of carbonyl (C=O) groups is 1. The number of hydrogen-bond donors (Lipinski definition) is 1. The molecule has 0 saturated heterocycles. The summed E-state index contributed by atoms with van der Waals surface area (Å²) in [6.07, 6.45) is 3.49. The van der Waals surface area contributed by atoms with Crippen LogP contribution in [0.5, 0.6) is 0 Å². The largest absolute Gasteiger partial charge is 0.324 e. The van der Waals surface area contributed by atoms with Crippen molar-refractivity contribution >= 4 is 56.2 Å². The molecule has 0 spiro atoms. The average molecular weight is 456 g/mol. The third-order valence-corrected chi connectivity index (χ3v) is 6.99. The Balaban J connectivity index is 1.57. The Bertz CT molecular complexity index is 1200. The molecule has 4 rings (SSSR count). The highest BCUT2D eigenvalue weighted by molar-refractivity contribution is 8.00. The fraction of sp³-hybridized carbons (Fsp3) is 0.429. The zero-order valence-corrected chi connectivity index (χ0v) is 19.5. The van der Waals surface area contributed by atoms with Crippen LogP contribution < -0.4 is 5.32 Å². The van der Waals surface area contributed by atoms with Crippen molar-refractivity contribution in [3.63, 3.8) is 0 Å². The lowest BCUT2D eigenvalue weighted by molar-refractivity contribution is -0.115.